The van der Waals surface area contributed by atoms with E-state index in [2.05, 4.69) is 154 Å². The van der Waals surface area contributed by atoms with Crippen LogP contribution in [0.5, 0.6) is 0 Å². The van der Waals surface area contributed by atoms with Crippen LogP contribution in [0.4, 0.5) is 0 Å². The Morgan fingerprint density at radius 3 is 0.797 bits per heavy atom. The van der Waals surface area contributed by atoms with Crippen molar-refractivity contribution >= 4 is 17.9 Å². The molecule has 0 saturated carbocycles. The van der Waals surface area contributed by atoms with Crippen molar-refractivity contribution in [1.82, 2.24) is 0 Å². The van der Waals surface area contributed by atoms with Crippen molar-refractivity contribution in [3.05, 3.63) is 134 Å². The number of ether oxygens (including phenoxy) is 3. The van der Waals surface area contributed by atoms with Crippen molar-refractivity contribution in [2.24, 2.45) is 0 Å². The van der Waals surface area contributed by atoms with Crippen LogP contribution in [0.2, 0.25) is 0 Å². The zero-order valence-electron chi connectivity index (χ0n) is 51.3. The summed E-state index contributed by atoms with van der Waals surface area (Å²) in [5, 5.41) is 0. The fourth-order valence-electron chi connectivity index (χ4n) is 8.79. The third kappa shape index (κ3) is 64.3. The topological polar surface area (TPSA) is 78.9 Å². The number of esters is 3. The summed E-state index contributed by atoms with van der Waals surface area (Å²) in [4.78, 5) is 38.4. The summed E-state index contributed by atoms with van der Waals surface area (Å²) in [6.07, 6.45) is 93.1. The first-order chi connectivity index (χ1) is 39.0. The van der Waals surface area contributed by atoms with Crippen LogP contribution in [0.1, 0.15) is 290 Å². The van der Waals surface area contributed by atoms with E-state index in [4.69, 9.17) is 14.2 Å². The lowest BCUT2D eigenvalue weighted by atomic mass is 10.0. The minimum atomic E-state index is -0.813. The van der Waals surface area contributed by atoms with Crippen molar-refractivity contribution in [2.45, 2.75) is 297 Å². The Balaban J connectivity index is 4.47. The minimum absolute atomic E-state index is 0.103. The Bertz CT molecular complexity index is 1680. The molecule has 0 saturated heterocycles. The summed E-state index contributed by atoms with van der Waals surface area (Å²) >= 11 is 0. The largest absolute Gasteiger partial charge is 0.462 e. The summed E-state index contributed by atoms with van der Waals surface area (Å²) in [6.45, 7) is 6.38. The lowest BCUT2D eigenvalue weighted by molar-refractivity contribution is -0.167. The van der Waals surface area contributed by atoms with Crippen molar-refractivity contribution in [2.75, 3.05) is 13.2 Å². The van der Waals surface area contributed by atoms with Crippen LogP contribution in [0.3, 0.4) is 0 Å². The van der Waals surface area contributed by atoms with Gasteiger partial charge in [0.25, 0.3) is 0 Å². The van der Waals surface area contributed by atoms with E-state index in [0.717, 1.165) is 122 Å². The maximum absolute atomic E-state index is 12.9. The van der Waals surface area contributed by atoms with Gasteiger partial charge in [0.1, 0.15) is 13.2 Å². The van der Waals surface area contributed by atoms with Crippen molar-refractivity contribution < 1.29 is 28.6 Å². The molecule has 0 fully saturated rings. The average molecular weight is 1090 g/mol. The molecule has 0 N–H and O–H groups in total. The molecule has 79 heavy (non-hydrogen) atoms. The molecule has 0 aromatic carbocycles. The smallest absolute Gasteiger partial charge is 0.306 e. The van der Waals surface area contributed by atoms with Crippen LogP contribution in [0, 0.1) is 0 Å². The van der Waals surface area contributed by atoms with Gasteiger partial charge in [0, 0.05) is 19.3 Å². The summed E-state index contributed by atoms with van der Waals surface area (Å²) < 4.78 is 16.9. The molecule has 0 amide bonds. The predicted octanol–water partition coefficient (Wildman–Crippen LogP) is 22.5. The van der Waals surface area contributed by atoms with E-state index in [9.17, 15) is 14.4 Å². The molecule has 0 aromatic rings. The van der Waals surface area contributed by atoms with E-state index < -0.39 is 6.10 Å². The number of rotatable bonds is 58. The summed E-state index contributed by atoms with van der Waals surface area (Å²) in [7, 11) is 0. The van der Waals surface area contributed by atoms with Crippen LogP contribution in [0.15, 0.2) is 134 Å². The highest BCUT2D eigenvalue weighted by molar-refractivity contribution is 5.71. The number of hydrogen-bond acceptors (Lipinski definition) is 6. The Morgan fingerprint density at radius 1 is 0.266 bits per heavy atom. The van der Waals surface area contributed by atoms with Gasteiger partial charge in [-0.05, 0) is 135 Å². The van der Waals surface area contributed by atoms with Gasteiger partial charge >= 0.3 is 17.9 Å². The molecule has 6 heteroatoms. The van der Waals surface area contributed by atoms with Crippen LogP contribution >= 0.6 is 0 Å². The van der Waals surface area contributed by atoms with Crippen molar-refractivity contribution in [3.63, 3.8) is 0 Å². The van der Waals surface area contributed by atoms with Gasteiger partial charge in [0.05, 0.1) is 0 Å². The van der Waals surface area contributed by atoms with E-state index in [1.807, 2.05) is 0 Å². The van der Waals surface area contributed by atoms with Crippen LogP contribution in [-0.4, -0.2) is 37.2 Å². The Kier molecular flexibility index (Phi) is 62.3. The average Bonchev–Trinajstić information content (AvgIpc) is 3.45. The highest BCUT2D eigenvalue weighted by Crippen LogP contribution is 2.15. The van der Waals surface area contributed by atoms with E-state index in [1.165, 1.54) is 122 Å². The second kappa shape index (κ2) is 66.1. The van der Waals surface area contributed by atoms with Gasteiger partial charge in [-0.2, -0.15) is 0 Å². The van der Waals surface area contributed by atoms with Gasteiger partial charge < -0.3 is 14.2 Å². The minimum Gasteiger partial charge on any atom is -0.462 e. The molecule has 1 atom stereocenters. The standard InChI is InChI=1S/C73H120O6/c1-4-7-10-13-16-19-22-25-28-31-33-35-36-38-39-42-45-48-51-54-57-60-63-66-72(75)78-69-70(68-77-71(74)65-62-59-56-53-50-47-44-41-30-27-24-21-18-15-12-9-6-3)79-73(76)67-64-61-58-55-52-49-46-43-40-37-34-32-29-26-23-20-17-14-11-8-5-2/h8-9,11-12,17-18,20-22,25-27,29-31,33-34,37,43,46,52,55,70H,4-7,10,13-16,19,23-24,28,32,35-36,38-42,44-45,47-51,53-54,56-69H2,1-3H3/b11-8-,12-9-,20-17-,21-18-,25-22-,29-26-,30-27-,33-31-,37-34-,46-43-,55-52-. The summed E-state index contributed by atoms with van der Waals surface area (Å²) in [5.74, 6) is -0.956. The fraction of sp³-hybridized carbons (Fsp3) is 0.658. The molecule has 6 nitrogen and oxygen atoms in total. The van der Waals surface area contributed by atoms with E-state index in [-0.39, 0.29) is 37.5 Å². The molecule has 0 aliphatic heterocycles. The Labute approximate surface area is 487 Å². The first kappa shape index (κ1) is 74.5. The molecule has 0 heterocycles. The molecule has 448 valence electrons. The van der Waals surface area contributed by atoms with Gasteiger partial charge in [0.2, 0.25) is 0 Å². The van der Waals surface area contributed by atoms with Gasteiger partial charge in [-0.25, -0.2) is 0 Å². The van der Waals surface area contributed by atoms with Crippen molar-refractivity contribution in [1.29, 1.82) is 0 Å². The van der Waals surface area contributed by atoms with Gasteiger partial charge in [0.15, 0.2) is 6.10 Å². The third-order valence-corrected chi connectivity index (χ3v) is 13.6. The lowest BCUT2D eigenvalue weighted by Crippen LogP contribution is -2.30. The molecule has 0 aliphatic carbocycles. The highest BCUT2D eigenvalue weighted by Gasteiger charge is 2.19. The number of carbonyl (C=O) groups excluding carboxylic acids is 3. The molecule has 1 unspecified atom stereocenters. The molecule has 0 aromatic heterocycles. The zero-order chi connectivity index (χ0) is 57.1. The molecule has 0 bridgehead atoms. The second-order valence-electron chi connectivity index (χ2n) is 21.3. The number of unbranched alkanes of at least 4 members (excludes halogenated alkanes) is 25. The maximum atomic E-state index is 12.9. The van der Waals surface area contributed by atoms with Crippen LogP contribution in [0.25, 0.3) is 0 Å². The first-order valence-corrected chi connectivity index (χ1v) is 32.7. The molecule has 0 radical (unpaired) electrons. The third-order valence-electron chi connectivity index (χ3n) is 13.6. The summed E-state index contributed by atoms with van der Waals surface area (Å²) in [6, 6.07) is 0. The monoisotopic (exact) mass is 1090 g/mol. The molecule has 0 rings (SSSR count). The fourth-order valence-corrected chi connectivity index (χ4v) is 8.79. The maximum Gasteiger partial charge on any atom is 0.306 e. The molecular formula is C73H120O6. The second-order valence-corrected chi connectivity index (χ2v) is 21.3. The first-order valence-electron chi connectivity index (χ1n) is 32.7. The van der Waals surface area contributed by atoms with Crippen molar-refractivity contribution in [3.8, 4) is 0 Å². The van der Waals surface area contributed by atoms with E-state index >= 15 is 0 Å². The highest BCUT2D eigenvalue weighted by atomic mass is 16.6. The molecular weight excluding hydrogens is 973 g/mol. The van der Waals surface area contributed by atoms with E-state index in [1.54, 1.807) is 0 Å². The molecule has 0 spiro atoms. The predicted molar refractivity (Wildman–Crippen MR) is 343 cm³/mol. The van der Waals surface area contributed by atoms with Gasteiger partial charge in [-0.1, -0.05) is 270 Å². The number of carbonyl (C=O) groups is 3. The SMILES string of the molecule is CC/C=C\C/C=C\C/C=C\C/C=C\C/C=C\C/C=C\CCCCC(=O)OC(COC(=O)CCCCCCCCC/C=C\C/C=C\C/C=C\CC)COC(=O)CCCCCCCCCCCCC/C=C\C/C=C\CCCCCCC. The van der Waals surface area contributed by atoms with Crippen LogP contribution in [-0.2, 0) is 28.6 Å². The number of allylic oxidation sites excluding steroid dienone is 22. The number of hydrogen-bond donors (Lipinski definition) is 0. The van der Waals surface area contributed by atoms with Gasteiger partial charge in [-0.3, -0.25) is 14.4 Å². The quantitative estimate of drug-likeness (QED) is 0.0261. The normalized spacial score (nSPS) is 13.0. The van der Waals surface area contributed by atoms with Gasteiger partial charge in [-0.15, -0.1) is 0 Å². The summed E-state index contributed by atoms with van der Waals surface area (Å²) in [5.41, 5.74) is 0. The lowest BCUT2D eigenvalue weighted by Gasteiger charge is -2.18. The van der Waals surface area contributed by atoms with E-state index in [0.29, 0.717) is 19.3 Å². The Morgan fingerprint density at radius 2 is 0.494 bits per heavy atom. The molecule has 0 aliphatic rings. The van der Waals surface area contributed by atoms with Crippen LogP contribution < -0.4 is 0 Å². The Hall–Kier alpha value is -4.45. The zero-order valence-corrected chi connectivity index (χ0v) is 51.3.